The van der Waals surface area contributed by atoms with E-state index in [4.69, 9.17) is 4.74 Å². The minimum absolute atomic E-state index is 0.274. The van der Waals surface area contributed by atoms with Gasteiger partial charge in [0.2, 0.25) is 0 Å². The summed E-state index contributed by atoms with van der Waals surface area (Å²) in [6.07, 6.45) is -4.39. The van der Waals surface area contributed by atoms with Crippen LogP contribution in [0, 0.1) is 0 Å². The molecule has 0 saturated carbocycles. The van der Waals surface area contributed by atoms with Gasteiger partial charge in [-0.05, 0) is 6.92 Å². The van der Waals surface area contributed by atoms with Gasteiger partial charge in [-0.1, -0.05) is 0 Å². The Kier molecular flexibility index (Phi) is 5.41. The molecule has 0 aliphatic heterocycles. The van der Waals surface area contributed by atoms with Crippen LogP contribution in [-0.2, 0) is 4.74 Å². The van der Waals surface area contributed by atoms with Gasteiger partial charge in [0.05, 0.1) is 12.6 Å². The lowest BCUT2D eigenvalue weighted by Crippen LogP contribution is -2.46. The summed E-state index contributed by atoms with van der Waals surface area (Å²) < 4.78 is 40.1. The summed E-state index contributed by atoms with van der Waals surface area (Å²) in [5.74, 6) is 0. The summed E-state index contributed by atoms with van der Waals surface area (Å²) in [6, 6.07) is -1.04. The largest absolute Gasteiger partial charge is 0.405 e. The first-order valence-electron chi connectivity index (χ1n) is 4.34. The molecular formula is C8H15F3N2O2. The van der Waals surface area contributed by atoms with Crippen LogP contribution in [0.15, 0.2) is 0 Å². The predicted octanol–water partition coefficient (Wildman–Crippen LogP) is 1.23. The summed E-state index contributed by atoms with van der Waals surface area (Å²) in [4.78, 5) is 12.3. The predicted molar refractivity (Wildman–Crippen MR) is 48.6 cm³/mol. The minimum Gasteiger partial charge on any atom is -0.383 e. The van der Waals surface area contributed by atoms with E-state index in [0.29, 0.717) is 0 Å². The summed E-state index contributed by atoms with van der Waals surface area (Å²) in [7, 11) is 2.87. The van der Waals surface area contributed by atoms with Crippen molar-refractivity contribution in [3.63, 3.8) is 0 Å². The minimum atomic E-state index is -4.39. The fraction of sp³-hybridized carbons (Fsp3) is 0.875. The molecule has 0 radical (unpaired) electrons. The Morgan fingerprint density at radius 3 is 2.47 bits per heavy atom. The van der Waals surface area contributed by atoms with Crippen molar-refractivity contribution in [2.24, 2.45) is 0 Å². The lowest BCUT2D eigenvalue weighted by molar-refractivity contribution is -0.123. The van der Waals surface area contributed by atoms with Crippen LogP contribution in [-0.4, -0.2) is 50.5 Å². The molecule has 0 heterocycles. The van der Waals surface area contributed by atoms with E-state index in [2.05, 4.69) is 0 Å². The quantitative estimate of drug-likeness (QED) is 0.786. The number of hydrogen-bond acceptors (Lipinski definition) is 2. The summed E-state index contributed by atoms with van der Waals surface area (Å²) in [6.45, 7) is 0.627. The lowest BCUT2D eigenvalue weighted by atomic mass is 10.3. The van der Waals surface area contributed by atoms with Crippen molar-refractivity contribution in [2.45, 2.75) is 19.1 Å². The van der Waals surface area contributed by atoms with Crippen molar-refractivity contribution in [2.75, 3.05) is 27.3 Å². The molecule has 90 valence electrons. The van der Waals surface area contributed by atoms with E-state index in [9.17, 15) is 18.0 Å². The maximum absolute atomic E-state index is 11.8. The average Bonchev–Trinajstić information content (AvgIpc) is 2.12. The molecule has 4 nitrogen and oxygen atoms in total. The number of alkyl halides is 3. The number of likely N-dealkylation sites (N-methyl/N-ethyl adjacent to an activating group) is 1. The number of amides is 2. The van der Waals surface area contributed by atoms with Crippen molar-refractivity contribution >= 4 is 6.03 Å². The molecule has 1 N–H and O–H groups in total. The topological polar surface area (TPSA) is 41.6 Å². The van der Waals surface area contributed by atoms with Crippen molar-refractivity contribution in [3.8, 4) is 0 Å². The number of carbonyl (C=O) groups excluding carboxylic acids is 1. The summed E-state index contributed by atoms with van der Waals surface area (Å²) >= 11 is 0. The van der Waals surface area contributed by atoms with Gasteiger partial charge in [-0.3, -0.25) is 0 Å². The smallest absolute Gasteiger partial charge is 0.383 e. The SMILES string of the molecule is COCC(C)N(C)C(=O)NCC(F)(F)F. The second kappa shape index (κ2) is 5.79. The van der Waals surface area contributed by atoms with Crippen LogP contribution in [0.3, 0.4) is 0 Å². The van der Waals surface area contributed by atoms with Gasteiger partial charge in [-0.2, -0.15) is 13.2 Å². The Bertz CT molecular complexity index is 209. The highest BCUT2D eigenvalue weighted by atomic mass is 19.4. The molecule has 1 atom stereocenters. The van der Waals surface area contributed by atoms with Crippen LogP contribution in [0.5, 0.6) is 0 Å². The number of nitrogens with one attached hydrogen (secondary N) is 1. The Morgan fingerprint density at radius 1 is 1.53 bits per heavy atom. The van der Waals surface area contributed by atoms with Gasteiger partial charge >= 0.3 is 12.2 Å². The number of rotatable bonds is 4. The highest BCUT2D eigenvalue weighted by Gasteiger charge is 2.28. The van der Waals surface area contributed by atoms with Gasteiger partial charge < -0.3 is 15.0 Å². The number of urea groups is 1. The molecule has 0 bridgehead atoms. The van der Waals surface area contributed by atoms with Crippen molar-refractivity contribution < 1.29 is 22.7 Å². The van der Waals surface area contributed by atoms with Gasteiger partial charge in [0.15, 0.2) is 0 Å². The number of halogens is 3. The zero-order valence-corrected chi connectivity index (χ0v) is 8.89. The highest BCUT2D eigenvalue weighted by molar-refractivity contribution is 5.74. The van der Waals surface area contributed by atoms with Gasteiger partial charge in [-0.15, -0.1) is 0 Å². The summed E-state index contributed by atoms with van der Waals surface area (Å²) in [5.41, 5.74) is 0. The standard InChI is InChI=1S/C8H15F3N2O2/c1-6(4-15-3)13(2)7(14)12-5-8(9,10)11/h6H,4-5H2,1-3H3,(H,12,14). The molecule has 0 aliphatic carbocycles. The Morgan fingerprint density at radius 2 is 2.07 bits per heavy atom. The molecule has 0 aromatic carbocycles. The van der Waals surface area contributed by atoms with E-state index in [1.165, 1.54) is 14.2 Å². The van der Waals surface area contributed by atoms with Crippen LogP contribution >= 0.6 is 0 Å². The number of carbonyl (C=O) groups is 1. The van der Waals surface area contributed by atoms with E-state index < -0.39 is 18.8 Å². The van der Waals surface area contributed by atoms with Crippen molar-refractivity contribution in [1.29, 1.82) is 0 Å². The van der Waals surface area contributed by atoms with Gasteiger partial charge in [0, 0.05) is 14.2 Å². The number of methoxy groups -OCH3 is 1. The third-order valence-electron chi connectivity index (χ3n) is 1.83. The lowest BCUT2D eigenvalue weighted by Gasteiger charge is -2.24. The molecule has 0 rings (SSSR count). The number of ether oxygens (including phenoxy) is 1. The van der Waals surface area contributed by atoms with E-state index in [1.54, 1.807) is 12.2 Å². The highest BCUT2D eigenvalue weighted by Crippen LogP contribution is 2.12. The Hall–Kier alpha value is -0.980. The maximum Gasteiger partial charge on any atom is 0.405 e. The fourth-order valence-electron chi connectivity index (χ4n) is 0.854. The van der Waals surface area contributed by atoms with Gasteiger partial charge in [0.25, 0.3) is 0 Å². The van der Waals surface area contributed by atoms with E-state index >= 15 is 0 Å². The Balaban J connectivity index is 3.99. The van der Waals surface area contributed by atoms with E-state index in [0.717, 1.165) is 4.90 Å². The summed E-state index contributed by atoms with van der Waals surface area (Å²) in [5, 5.41) is 1.77. The first kappa shape index (κ1) is 14.0. The van der Waals surface area contributed by atoms with E-state index in [-0.39, 0.29) is 12.6 Å². The third kappa shape index (κ3) is 6.16. The van der Waals surface area contributed by atoms with Crippen LogP contribution in [0.25, 0.3) is 0 Å². The zero-order valence-electron chi connectivity index (χ0n) is 8.89. The molecule has 2 amide bonds. The normalized spacial score (nSPS) is 13.5. The molecular weight excluding hydrogens is 213 g/mol. The molecule has 15 heavy (non-hydrogen) atoms. The van der Waals surface area contributed by atoms with Crippen LogP contribution in [0.4, 0.5) is 18.0 Å². The van der Waals surface area contributed by atoms with Crippen LogP contribution in [0.2, 0.25) is 0 Å². The average molecular weight is 228 g/mol. The molecule has 0 spiro atoms. The molecule has 0 fully saturated rings. The second-order valence-electron chi connectivity index (χ2n) is 3.19. The van der Waals surface area contributed by atoms with E-state index in [1.807, 2.05) is 0 Å². The molecule has 1 unspecified atom stereocenters. The molecule has 0 aromatic rings. The third-order valence-corrected chi connectivity index (χ3v) is 1.83. The monoisotopic (exact) mass is 228 g/mol. The fourth-order valence-corrected chi connectivity index (χ4v) is 0.854. The van der Waals surface area contributed by atoms with Crippen LogP contribution in [0.1, 0.15) is 6.92 Å². The first-order valence-corrected chi connectivity index (χ1v) is 4.34. The van der Waals surface area contributed by atoms with Crippen molar-refractivity contribution in [1.82, 2.24) is 10.2 Å². The second-order valence-corrected chi connectivity index (χ2v) is 3.19. The first-order chi connectivity index (χ1) is 6.78. The molecule has 0 aliphatic rings. The zero-order chi connectivity index (χ0) is 12.1. The number of nitrogens with zero attached hydrogens (tertiary/aromatic N) is 1. The molecule has 0 aromatic heterocycles. The number of hydrogen-bond donors (Lipinski definition) is 1. The van der Waals surface area contributed by atoms with Gasteiger partial charge in [0.1, 0.15) is 6.54 Å². The molecule has 7 heteroatoms. The van der Waals surface area contributed by atoms with Gasteiger partial charge in [-0.25, -0.2) is 4.79 Å². The molecule has 0 saturated heterocycles. The van der Waals surface area contributed by atoms with Crippen molar-refractivity contribution in [3.05, 3.63) is 0 Å². The Labute approximate surface area is 86.4 Å². The van der Waals surface area contributed by atoms with Crippen LogP contribution < -0.4 is 5.32 Å². The maximum atomic E-state index is 11.8.